The van der Waals surface area contributed by atoms with Crippen LogP contribution < -0.4 is 4.74 Å². The van der Waals surface area contributed by atoms with E-state index < -0.39 is 0 Å². The van der Waals surface area contributed by atoms with Gasteiger partial charge < -0.3 is 4.74 Å². The highest BCUT2D eigenvalue weighted by Crippen LogP contribution is 2.26. The first-order chi connectivity index (χ1) is 7.27. The molecule has 0 radical (unpaired) electrons. The molecule has 2 heteroatoms. The molecule has 0 aliphatic rings. The van der Waals surface area contributed by atoms with Crippen molar-refractivity contribution in [2.24, 2.45) is 0 Å². The van der Waals surface area contributed by atoms with E-state index in [1.54, 1.807) is 6.20 Å². The minimum atomic E-state index is 0.634. The lowest BCUT2D eigenvalue weighted by atomic mass is 10.1. The van der Waals surface area contributed by atoms with Crippen molar-refractivity contribution in [2.45, 2.75) is 13.8 Å². The van der Waals surface area contributed by atoms with Crippen molar-refractivity contribution in [1.82, 2.24) is 4.98 Å². The lowest BCUT2D eigenvalue weighted by Gasteiger charge is -2.09. The molecule has 2 nitrogen and oxygen atoms in total. The van der Waals surface area contributed by atoms with Crippen molar-refractivity contribution >= 4 is 0 Å². The minimum absolute atomic E-state index is 0.634. The van der Waals surface area contributed by atoms with Crippen molar-refractivity contribution < 1.29 is 4.74 Å². The van der Waals surface area contributed by atoms with Crippen LogP contribution in [0.4, 0.5) is 0 Å². The summed E-state index contributed by atoms with van der Waals surface area (Å²) >= 11 is 0. The van der Waals surface area contributed by atoms with Crippen LogP contribution in [0.2, 0.25) is 0 Å². The van der Waals surface area contributed by atoms with Crippen LogP contribution in [0.15, 0.2) is 42.6 Å². The molecular formula is C13H13NO. The molecule has 1 aromatic heterocycles. The Balaban J connectivity index is 2.32. The molecule has 2 aromatic rings. The number of para-hydroxylation sites is 1. The fourth-order valence-corrected chi connectivity index (χ4v) is 1.47. The van der Waals surface area contributed by atoms with Crippen LogP contribution in [0.25, 0.3) is 0 Å². The number of rotatable bonds is 2. The summed E-state index contributed by atoms with van der Waals surface area (Å²) < 4.78 is 5.73. The molecule has 0 fully saturated rings. The monoisotopic (exact) mass is 199 g/mol. The van der Waals surface area contributed by atoms with Crippen LogP contribution in [-0.4, -0.2) is 4.98 Å². The summed E-state index contributed by atoms with van der Waals surface area (Å²) in [4.78, 5) is 4.13. The van der Waals surface area contributed by atoms with E-state index in [0.717, 1.165) is 16.9 Å². The lowest BCUT2D eigenvalue weighted by molar-refractivity contribution is 0.456. The van der Waals surface area contributed by atoms with Gasteiger partial charge in [0.1, 0.15) is 5.75 Å². The van der Waals surface area contributed by atoms with E-state index in [-0.39, 0.29) is 0 Å². The molecule has 0 amide bonds. The fourth-order valence-electron chi connectivity index (χ4n) is 1.47. The second kappa shape index (κ2) is 4.13. The molecule has 1 heterocycles. The lowest BCUT2D eigenvalue weighted by Crippen LogP contribution is -1.92. The SMILES string of the molecule is Cc1cccc(C)c1Oc1ccccn1. The Labute approximate surface area is 89.6 Å². The molecule has 0 atom stereocenters. The number of hydrogen-bond donors (Lipinski definition) is 0. The van der Waals surface area contributed by atoms with Crippen LogP contribution >= 0.6 is 0 Å². The van der Waals surface area contributed by atoms with Gasteiger partial charge in [-0.05, 0) is 31.0 Å². The Kier molecular flexibility index (Phi) is 2.68. The maximum absolute atomic E-state index is 5.73. The zero-order chi connectivity index (χ0) is 10.7. The number of ether oxygens (including phenoxy) is 1. The number of aromatic nitrogens is 1. The third kappa shape index (κ3) is 2.15. The van der Waals surface area contributed by atoms with E-state index in [1.165, 1.54) is 0 Å². The largest absolute Gasteiger partial charge is 0.438 e. The van der Waals surface area contributed by atoms with Gasteiger partial charge in [0.25, 0.3) is 0 Å². The summed E-state index contributed by atoms with van der Waals surface area (Å²) in [6, 6.07) is 11.7. The summed E-state index contributed by atoms with van der Waals surface area (Å²) in [5.74, 6) is 1.53. The summed E-state index contributed by atoms with van der Waals surface area (Å²) in [6.07, 6.45) is 1.73. The molecule has 2 rings (SSSR count). The van der Waals surface area contributed by atoms with Crippen molar-refractivity contribution in [3.05, 3.63) is 53.7 Å². The van der Waals surface area contributed by atoms with Crippen LogP contribution in [0.3, 0.4) is 0 Å². The highest BCUT2D eigenvalue weighted by molar-refractivity contribution is 5.41. The topological polar surface area (TPSA) is 22.1 Å². The van der Waals surface area contributed by atoms with E-state index in [9.17, 15) is 0 Å². The number of benzene rings is 1. The van der Waals surface area contributed by atoms with Gasteiger partial charge in [-0.3, -0.25) is 0 Å². The second-order valence-corrected chi connectivity index (χ2v) is 3.49. The predicted octanol–water partition coefficient (Wildman–Crippen LogP) is 3.49. The van der Waals surface area contributed by atoms with Crippen LogP contribution in [-0.2, 0) is 0 Å². The molecule has 0 N–H and O–H groups in total. The molecule has 0 saturated carbocycles. The molecule has 0 spiro atoms. The first-order valence-electron chi connectivity index (χ1n) is 4.92. The Morgan fingerprint density at radius 2 is 1.67 bits per heavy atom. The molecule has 0 bridgehead atoms. The Morgan fingerprint density at radius 1 is 0.933 bits per heavy atom. The zero-order valence-corrected chi connectivity index (χ0v) is 8.90. The summed E-state index contributed by atoms with van der Waals surface area (Å²) in [7, 11) is 0. The van der Waals surface area contributed by atoms with E-state index in [0.29, 0.717) is 5.88 Å². The number of hydrogen-bond acceptors (Lipinski definition) is 2. The Bertz CT molecular complexity index is 431. The Morgan fingerprint density at radius 3 is 2.27 bits per heavy atom. The molecule has 0 aliphatic carbocycles. The van der Waals surface area contributed by atoms with Gasteiger partial charge in [-0.25, -0.2) is 4.98 Å². The van der Waals surface area contributed by atoms with Gasteiger partial charge >= 0.3 is 0 Å². The third-order valence-corrected chi connectivity index (χ3v) is 2.25. The van der Waals surface area contributed by atoms with E-state index in [1.807, 2.05) is 50.2 Å². The van der Waals surface area contributed by atoms with Gasteiger partial charge in [0, 0.05) is 12.3 Å². The van der Waals surface area contributed by atoms with Gasteiger partial charge in [-0.2, -0.15) is 0 Å². The molecule has 15 heavy (non-hydrogen) atoms. The normalized spacial score (nSPS) is 10.0. The smallest absolute Gasteiger partial charge is 0.219 e. The van der Waals surface area contributed by atoms with E-state index in [4.69, 9.17) is 4.74 Å². The van der Waals surface area contributed by atoms with Crippen molar-refractivity contribution in [3.63, 3.8) is 0 Å². The highest BCUT2D eigenvalue weighted by Gasteiger charge is 2.04. The highest BCUT2D eigenvalue weighted by atomic mass is 16.5. The molecular weight excluding hydrogens is 186 g/mol. The number of nitrogens with zero attached hydrogens (tertiary/aromatic N) is 1. The second-order valence-electron chi connectivity index (χ2n) is 3.49. The fraction of sp³-hybridized carbons (Fsp3) is 0.154. The standard InChI is InChI=1S/C13H13NO/c1-10-6-5-7-11(2)13(10)15-12-8-3-4-9-14-12/h3-9H,1-2H3. The Hall–Kier alpha value is -1.83. The summed E-state index contributed by atoms with van der Waals surface area (Å²) in [6.45, 7) is 4.07. The summed E-state index contributed by atoms with van der Waals surface area (Å²) in [5, 5.41) is 0. The van der Waals surface area contributed by atoms with Gasteiger partial charge in [-0.1, -0.05) is 24.3 Å². The maximum Gasteiger partial charge on any atom is 0.219 e. The average Bonchev–Trinajstić information content (AvgIpc) is 2.25. The van der Waals surface area contributed by atoms with Gasteiger partial charge in [-0.15, -0.1) is 0 Å². The quantitative estimate of drug-likeness (QED) is 0.738. The van der Waals surface area contributed by atoms with E-state index in [2.05, 4.69) is 4.98 Å². The number of pyridine rings is 1. The first kappa shape index (κ1) is 9.71. The van der Waals surface area contributed by atoms with Crippen LogP contribution in [0, 0.1) is 13.8 Å². The van der Waals surface area contributed by atoms with Gasteiger partial charge in [0.2, 0.25) is 5.88 Å². The average molecular weight is 199 g/mol. The van der Waals surface area contributed by atoms with E-state index >= 15 is 0 Å². The molecule has 0 aliphatic heterocycles. The van der Waals surface area contributed by atoms with Crippen molar-refractivity contribution in [1.29, 1.82) is 0 Å². The third-order valence-electron chi connectivity index (χ3n) is 2.25. The summed E-state index contributed by atoms with van der Waals surface area (Å²) in [5.41, 5.74) is 2.25. The number of aryl methyl sites for hydroxylation is 2. The molecule has 76 valence electrons. The first-order valence-corrected chi connectivity index (χ1v) is 4.92. The van der Waals surface area contributed by atoms with Crippen LogP contribution in [0.5, 0.6) is 11.6 Å². The molecule has 0 unspecified atom stereocenters. The minimum Gasteiger partial charge on any atom is -0.438 e. The van der Waals surface area contributed by atoms with Gasteiger partial charge in [0.15, 0.2) is 0 Å². The van der Waals surface area contributed by atoms with Gasteiger partial charge in [0.05, 0.1) is 0 Å². The predicted molar refractivity (Wildman–Crippen MR) is 60.2 cm³/mol. The maximum atomic E-state index is 5.73. The van der Waals surface area contributed by atoms with Crippen molar-refractivity contribution in [2.75, 3.05) is 0 Å². The zero-order valence-electron chi connectivity index (χ0n) is 8.90. The molecule has 0 saturated heterocycles. The molecule has 1 aromatic carbocycles. The van der Waals surface area contributed by atoms with Crippen LogP contribution in [0.1, 0.15) is 11.1 Å². The van der Waals surface area contributed by atoms with Crippen molar-refractivity contribution in [3.8, 4) is 11.6 Å².